The number of carboxylic acids is 1. The van der Waals surface area contributed by atoms with Crippen molar-refractivity contribution in [3.05, 3.63) is 46.7 Å². The van der Waals surface area contributed by atoms with E-state index in [1.165, 1.54) is 25.3 Å². The molecule has 1 aliphatic heterocycles. The van der Waals surface area contributed by atoms with E-state index in [1.54, 1.807) is 0 Å². The fourth-order valence-corrected chi connectivity index (χ4v) is 4.54. The molecule has 1 aromatic carbocycles. The molecule has 1 aliphatic carbocycles. The molecule has 1 saturated carbocycles. The highest BCUT2D eigenvalue weighted by atomic mass is 19.4. The molecule has 0 unspecified atom stereocenters. The third kappa shape index (κ3) is 5.52. The third-order valence-electron chi connectivity index (χ3n) is 6.57. The second-order valence-corrected chi connectivity index (χ2v) is 9.74. The van der Waals surface area contributed by atoms with E-state index in [0.29, 0.717) is 12.0 Å². The van der Waals surface area contributed by atoms with Crippen LogP contribution < -0.4 is 5.32 Å². The van der Waals surface area contributed by atoms with Crippen LogP contribution in [-0.2, 0) is 22.9 Å². The fourth-order valence-electron chi connectivity index (χ4n) is 4.54. The van der Waals surface area contributed by atoms with Crippen LogP contribution >= 0.6 is 0 Å². The highest BCUT2D eigenvalue weighted by molar-refractivity contribution is 5.80. The van der Waals surface area contributed by atoms with Crippen molar-refractivity contribution in [3.63, 3.8) is 0 Å². The fraction of sp³-hybridized carbons (Fsp3) is 0.583. The first kappa shape index (κ1) is 26.0. The van der Waals surface area contributed by atoms with E-state index in [1.807, 2.05) is 13.8 Å². The minimum absolute atomic E-state index is 0.138. The number of carbonyl (C=O) groups is 2. The van der Waals surface area contributed by atoms with E-state index in [4.69, 9.17) is 5.11 Å². The predicted octanol–water partition coefficient (Wildman–Crippen LogP) is 5.94. The molecule has 0 saturated heterocycles. The van der Waals surface area contributed by atoms with Crippen LogP contribution in [0.2, 0.25) is 0 Å². The van der Waals surface area contributed by atoms with Crippen LogP contribution in [0.25, 0.3) is 0 Å². The lowest BCUT2D eigenvalue weighted by Crippen LogP contribution is -2.57. The highest BCUT2D eigenvalue weighted by Crippen LogP contribution is 2.52. The summed E-state index contributed by atoms with van der Waals surface area (Å²) in [5.74, 6) is -4.49. The number of benzene rings is 1. The minimum atomic E-state index is -4.63. The Kier molecular flexibility index (Phi) is 7.01. The highest BCUT2D eigenvalue weighted by Gasteiger charge is 2.53. The molecule has 3 rings (SSSR count). The van der Waals surface area contributed by atoms with Gasteiger partial charge in [-0.3, -0.25) is 4.79 Å². The van der Waals surface area contributed by atoms with Gasteiger partial charge in [0.25, 0.3) is 0 Å². The van der Waals surface area contributed by atoms with Crippen molar-refractivity contribution in [2.75, 3.05) is 6.54 Å². The normalized spacial score (nSPS) is 22.9. The van der Waals surface area contributed by atoms with Gasteiger partial charge >= 0.3 is 18.2 Å². The molecule has 0 spiro atoms. The Morgan fingerprint density at radius 3 is 2.44 bits per heavy atom. The smallest absolute Gasteiger partial charge is 0.416 e. The number of urea groups is 1. The second-order valence-electron chi connectivity index (χ2n) is 9.74. The lowest BCUT2D eigenvalue weighted by molar-refractivity contribution is -0.138. The SMILES string of the molecule is CC(C)CCc1ccc([C@]2(C)NC(=O)N(CCC(=O)O)C=C2C2CC(F)(F)C2)cc1C(F)(F)F. The monoisotopic (exact) mass is 488 g/mol. The van der Waals surface area contributed by atoms with Crippen LogP contribution in [0.5, 0.6) is 0 Å². The van der Waals surface area contributed by atoms with Gasteiger partial charge in [0.05, 0.1) is 17.5 Å². The summed E-state index contributed by atoms with van der Waals surface area (Å²) in [6.45, 7) is 5.15. The van der Waals surface area contributed by atoms with Gasteiger partial charge in [-0.05, 0) is 54.4 Å². The largest absolute Gasteiger partial charge is 0.481 e. The summed E-state index contributed by atoms with van der Waals surface area (Å²) in [4.78, 5) is 24.8. The summed E-state index contributed by atoms with van der Waals surface area (Å²) in [5.41, 5.74) is -1.64. The molecule has 1 atom stereocenters. The van der Waals surface area contributed by atoms with Crippen LogP contribution in [0.1, 0.15) is 63.1 Å². The zero-order valence-corrected chi connectivity index (χ0v) is 19.3. The van der Waals surface area contributed by atoms with Crippen LogP contribution in [-0.4, -0.2) is 34.5 Å². The number of alkyl halides is 5. The number of aliphatic carboxylic acids is 1. The van der Waals surface area contributed by atoms with Gasteiger partial charge < -0.3 is 15.3 Å². The summed E-state index contributed by atoms with van der Waals surface area (Å²) in [6, 6.07) is 3.19. The zero-order valence-electron chi connectivity index (χ0n) is 19.3. The number of rotatable bonds is 8. The summed E-state index contributed by atoms with van der Waals surface area (Å²) in [5, 5.41) is 11.6. The van der Waals surface area contributed by atoms with Gasteiger partial charge in [-0.25, -0.2) is 13.6 Å². The Balaban J connectivity index is 2.05. The maximum Gasteiger partial charge on any atom is 0.416 e. The molecule has 2 aliphatic rings. The van der Waals surface area contributed by atoms with Gasteiger partial charge in [0.15, 0.2) is 0 Å². The van der Waals surface area contributed by atoms with Gasteiger partial charge in [0.2, 0.25) is 5.92 Å². The number of nitrogens with one attached hydrogen (secondary N) is 1. The average molecular weight is 488 g/mol. The molecule has 0 bridgehead atoms. The van der Waals surface area contributed by atoms with Crippen LogP contribution in [0.3, 0.4) is 0 Å². The molecule has 5 nitrogen and oxygen atoms in total. The van der Waals surface area contributed by atoms with Crippen molar-refractivity contribution in [3.8, 4) is 0 Å². The molecule has 10 heteroatoms. The number of nitrogens with zero attached hydrogens (tertiary/aromatic N) is 1. The Morgan fingerprint density at radius 1 is 1.26 bits per heavy atom. The summed E-state index contributed by atoms with van der Waals surface area (Å²) in [6.07, 6.45) is -3.84. The number of hydrogen-bond donors (Lipinski definition) is 2. The van der Waals surface area contributed by atoms with Gasteiger partial charge in [0, 0.05) is 25.6 Å². The van der Waals surface area contributed by atoms with Crippen LogP contribution in [0, 0.1) is 11.8 Å². The van der Waals surface area contributed by atoms with Crippen molar-refractivity contribution in [2.45, 2.75) is 70.5 Å². The minimum Gasteiger partial charge on any atom is -0.481 e. The first-order valence-electron chi connectivity index (χ1n) is 11.2. The van der Waals surface area contributed by atoms with E-state index in [2.05, 4.69) is 5.32 Å². The molecule has 1 aromatic rings. The van der Waals surface area contributed by atoms with Crippen molar-refractivity contribution >= 4 is 12.0 Å². The summed E-state index contributed by atoms with van der Waals surface area (Å²) in [7, 11) is 0. The van der Waals surface area contributed by atoms with E-state index in [9.17, 15) is 31.5 Å². The van der Waals surface area contributed by atoms with Crippen molar-refractivity contribution < 1.29 is 36.6 Å². The Hall–Kier alpha value is -2.65. The van der Waals surface area contributed by atoms with Crippen LogP contribution in [0.4, 0.5) is 26.7 Å². The standard InChI is InChI=1S/C24H29F5N2O3/c1-14(2)4-5-15-6-7-17(10-18(15)24(27,28)29)22(3)19(16-11-23(25,26)12-16)13-31(21(34)30-22)9-8-20(32)33/h6-7,10,13-14,16H,4-5,8-9,11-12H2,1-3H3,(H,30,34)(H,32,33)/t22-/m0/s1. The number of aryl methyl sites for hydroxylation is 1. The Bertz CT molecular complexity index is 981. The predicted molar refractivity (Wildman–Crippen MR) is 115 cm³/mol. The molecule has 1 fully saturated rings. The lowest BCUT2D eigenvalue weighted by Gasteiger charge is -2.47. The Labute approximate surface area is 195 Å². The van der Waals surface area contributed by atoms with Crippen molar-refractivity contribution in [1.82, 2.24) is 10.2 Å². The van der Waals surface area contributed by atoms with Crippen LogP contribution in [0.15, 0.2) is 30.0 Å². The Morgan fingerprint density at radius 2 is 1.91 bits per heavy atom. The molecule has 188 valence electrons. The quantitative estimate of drug-likeness (QED) is 0.445. The molecular formula is C24H29F5N2O3. The molecular weight excluding hydrogens is 459 g/mol. The van der Waals surface area contributed by atoms with E-state index in [-0.39, 0.29) is 36.4 Å². The first-order chi connectivity index (χ1) is 15.6. The number of carboxylic acid groups (broad SMARTS) is 1. The topological polar surface area (TPSA) is 69.6 Å². The summed E-state index contributed by atoms with van der Waals surface area (Å²) < 4.78 is 69.2. The van der Waals surface area contributed by atoms with E-state index >= 15 is 0 Å². The maximum absolute atomic E-state index is 13.9. The van der Waals surface area contributed by atoms with Crippen molar-refractivity contribution in [1.29, 1.82) is 0 Å². The summed E-state index contributed by atoms with van der Waals surface area (Å²) >= 11 is 0. The van der Waals surface area contributed by atoms with E-state index in [0.717, 1.165) is 11.0 Å². The lowest BCUT2D eigenvalue weighted by atomic mass is 9.67. The van der Waals surface area contributed by atoms with Crippen molar-refractivity contribution in [2.24, 2.45) is 11.8 Å². The molecule has 1 heterocycles. The average Bonchev–Trinajstić information content (AvgIpc) is 2.69. The maximum atomic E-state index is 13.9. The zero-order chi connectivity index (χ0) is 25.5. The van der Waals surface area contributed by atoms with E-state index < -0.39 is 54.0 Å². The third-order valence-corrected chi connectivity index (χ3v) is 6.57. The molecule has 0 aromatic heterocycles. The number of halogens is 5. The van der Waals surface area contributed by atoms with Gasteiger partial charge in [-0.2, -0.15) is 13.2 Å². The van der Waals surface area contributed by atoms with Gasteiger partial charge in [-0.1, -0.05) is 26.0 Å². The molecule has 2 N–H and O–H groups in total. The van der Waals surface area contributed by atoms with Gasteiger partial charge in [0.1, 0.15) is 0 Å². The number of carbonyl (C=O) groups excluding carboxylic acids is 1. The molecule has 2 amide bonds. The first-order valence-corrected chi connectivity index (χ1v) is 11.2. The number of amides is 2. The molecule has 0 radical (unpaired) electrons. The number of hydrogen-bond acceptors (Lipinski definition) is 2. The molecule has 34 heavy (non-hydrogen) atoms. The van der Waals surface area contributed by atoms with Gasteiger partial charge in [-0.15, -0.1) is 0 Å². The second kappa shape index (κ2) is 9.19.